The van der Waals surface area contributed by atoms with E-state index in [0.29, 0.717) is 6.54 Å². The van der Waals surface area contributed by atoms with Gasteiger partial charge < -0.3 is 25.7 Å². The minimum atomic E-state index is -2.74. The average molecular weight is 554 g/mol. The molecule has 1 fully saturated rings. The fraction of sp³-hybridized carbons (Fsp3) is 0.345. The molecule has 11 heteroatoms. The molecule has 0 radical (unpaired) electrons. The van der Waals surface area contributed by atoms with Crippen LogP contribution in [0.4, 0.5) is 4.39 Å². The summed E-state index contributed by atoms with van der Waals surface area (Å²) in [6.45, 7) is 2.69. The number of aromatic nitrogens is 2. The number of aryl methyl sites for hydroxylation is 1. The Morgan fingerprint density at radius 2 is 1.48 bits per heavy atom. The van der Waals surface area contributed by atoms with Crippen LogP contribution in [0.2, 0.25) is 0 Å². The zero-order chi connectivity index (χ0) is 29.3. The first-order valence-corrected chi connectivity index (χ1v) is 12.7. The largest absolute Gasteiger partial charge is 0.481 e. The van der Waals surface area contributed by atoms with E-state index >= 15 is 0 Å². The highest BCUT2D eigenvalue weighted by Gasteiger charge is 2.41. The van der Waals surface area contributed by atoms with Crippen LogP contribution in [0.25, 0.3) is 11.4 Å². The summed E-state index contributed by atoms with van der Waals surface area (Å²) in [5, 5.41) is 37.4. The van der Waals surface area contributed by atoms with Crippen molar-refractivity contribution in [2.24, 2.45) is 0 Å². The summed E-state index contributed by atoms with van der Waals surface area (Å²) in [6.07, 6.45) is 5.58. The van der Waals surface area contributed by atoms with Crippen LogP contribution >= 0.6 is 0 Å². The van der Waals surface area contributed by atoms with Crippen molar-refractivity contribution < 1.29 is 39.2 Å². The third-order valence-electron chi connectivity index (χ3n) is 6.85. The van der Waals surface area contributed by atoms with E-state index in [1.807, 2.05) is 42.7 Å². The van der Waals surface area contributed by atoms with Crippen LogP contribution in [0.5, 0.6) is 0 Å². The second kappa shape index (κ2) is 13.2. The van der Waals surface area contributed by atoms with Crippen molar-refractivity contribution in [3.63, 3.8) is 0 Å². The summed E-state index contributed by atoms with van der Waals surface area (Å²) < 4.78 is 14.4. The van der Waals surface area contributed by atoms with Crippen molar-refractivity contribution in [1.29, 1.82) is 0 Å². The van der Waals surface area contributed by atoms with E-state index < -0.39 is 36.4 Å². The Kier molecular flexibility index (Phi) is 10.0. The van der Waals surface area contributed by atoms with Crippen molar-refractivity contribution in [3.05, 3.63) is 83.4 Å². The SMILES string of the molecule is Cc1ccccc1-c1ncc(CNC2(c3ccccc3F)CCCC2)cn1.O=C(O)CC(O)(CC(=O)O)C(=O)O. The topological polar surface area (TPSA) is 170 Å². The smallest absolute Gasteiger partial charge is 0.336 e. The Morgan fingerprint density at radius 3 is 2.00 bits per heavy atom. The zero-order valence-electron chi connectivity index (χ0n) is 22.0. The van der Waals surface area contributed by atoms with Gasteiger partial charge in [-0.2, -0.15) is 0 Å². The molecule has 0 spiro atoms. The molecule has 10 nitrogen and oxygen atoms in total. The number of hydrogen-bond acceptors (Lipinski definition) is 7. The van der Waals surface area contributed by atoms with Crippen LogP contribution in [0.15, 0.2) is 60.9 Å². The summed E-state index contributed by atoms with van der Waals surface area (Å²) in [5.74, 6) is -4.41. The molecule has 5 N–H and O–H groups in total. The van der Waals surface area contributed by atoms with Crippen LogP contribution in [0.3, 0.4) is 0 Å². The average Bonchev–Trinajstić information content (AvgIpc) is 3.38. The summed E-state index contributed by atoms with van der Waals surface area (Å²) in [4.78, 5) is 39.6. The molecule has 0 saturated heterocycles. The number of benzene rings is 2. The van der Waals surface area contributed by atoms with Gasteiger partial charge in [0.05, 0.1) is 12.8 Å². The summed E-state index contributed by atoms with van der Waals surface area (Å²) >= 11 is 0. The Hall–Kier alpha value is -4.22. The van der Waals surface area contributed by atoms with Crippen molar-refractivity contribution in [2.75, 3.05) is 0 Å². The van der Waals surface area contributed by atoms with Crippen LogP contribution in [-0.2, 0) is 26.5 Å². The number of aliphatic hydroxyl groups is 1. The maximum absolute atomic E-state index is 14.4. The van der Waals surface area contributed by atoms with Gasteiger partial charge >= 0.3 is 17.9 Å². The molecule has 40 heavy (non-hydrogen) atoms. The first-order chi connectivity index (χ1) is 19.0. The Balaban J connectivity index is 0.000000289. The maximum atomic E-state index is 14.4. The molecule has 3 aromatic rings. The highest BCUT2D eigenvalue weighted by molar-refractivity contribution is 5.88. The first kappa shape index (κ1) is 30.3. The van der Waals surface area contributed by atoms with Gasteiger partial charge in [0.1, 0.15) is 5.82 Å². The second-order valence-corrected chi connectivity index (χ2v) is 9.83. The van der Waals surface area contributed by atoms with E-state index in [0.717, 1.165) is 53.8 Å². The minimum Gasteiger partial charge on any atom is -0.481 e. The van der Waals surface area contributed by atoms with Gasteiger partial charge in [-0.3, -0.25) is 9.59 Å². The number of hydrogen-bond donors (Lipinski definition) is 5. The molecular formula is C29H32FN3O7. The number of nitrogens with zero attached hydrogens (tertiary/aromatic N) is 2. The predicted molar refractivity (Wildman–Crippen MR) is 143 cm³/mol. The van der Waals surface area contributed by atoms with Crippen LogP contribution < -0.4 is 5.32 Å². The van der Waals surface area contributed by atoms with Gasteiger partial charge in [-0.05, 0) is 31.4 Å². The van der Waals surface area contributed by atoms with Gasteiger partial charge in [0.2, 0.25) is 0 Å². The van der Waals surface area contributed by atoms with E-state index in [9.17, 15) is 18.8 Å². The third-order valence-corrected chi connectivity index (χ3v) is 6.85. The van der Waals surface area contributed by atoms with Gasteiger partial charge in [0.15, 0.2) is 11.4 Å². The monoisotopic (exact) mass is 553 g/mol. The molecule has 0 atom stereocenters. The van der Waals surface area contributed by atoms with Gasteiger partial charge in [-0.15, -0.1) is 0 Å². The number of carboxylic acids is 3. The predicted octanol–water partition coefficient (Wildman–Crippen LogP) is 3.90. The first-order valence-electron chi connectivity index (χ1n) is 12.7. The van der Waals surface area contributed by atoms with E-state index in [-0.39, 0.29) is 11.4 Å². The lowest BCUT2D eigenvalue weighted by Gasteiger charge is -2.31. The molecule has 212 valence electrons. The summed E-state index contributed by atoms with van der Waals surface area (Å²) in [6, 6.07) is 15.2. The molecule has 1 heterocycles. The van der Waals surface area contributed by atoms with Crippen molar-refractivity contribution >= 4 is 17.9 Å². The van der Waals surface area contributed by atoms with Crippen LogP contribution in [0, 0.1) is 12.7 Å². The molecule has 2 aromatic carbocycles. The molecule has 1 aliphatic rings. The fourth-order valence-electron chi connectivity index (χ4n) is 4.76. The zero-order valence-corrected chi connectivity index (χ0v) is 22.0. The number of nitrogens with one attached hydrogen (secondary N) is 1. The highest BCUT2D eigenvalue weighted by atomic mass is 19.1. The molecule has 0 amide bonds. The number of aliphatic carboxylic acids is 3. The standard InChI is InChI=1S/C23H24FN3.C6H8O7/c1-17-8-2-3-9-19(17)22-25-14-18(15-26-22)16-27-23(12-6-7-13-23)20-10-4-5-11-21(20)24;7-3(8)1-6(13,5(11)12)2-4(9)10/h2-5,8-11,14-15,27H,6-7,12-13,16H2,1H3;13H,1-2H2,(H,7,8)(H,9,10)(H,11,12). The summed E-state index contributed by atoms with van der Waals surface area (Å²) in [7, 11) is 0. The summed E-state index contributed by atoms with van der Waals surface area (Å²) in [5.41, 5.74) is 0.968. The lowest BCUT2D eigenvalue weighted by molar-refractivity contribution is -0.170. The van der Waals surface area contributed by atoms with Crippen molar-refractivity contribution in [3.8, 4) is 11.4 Å². The van der Waals surface area contributed by atoms with Crippen molar-refractivity contribution in [2.45, 2.75) is 63.1 Å². The normalized spacial score (nSPS) is 14.2. The number of carbonyl (C=O) groups is 3. The van der Waals surface area contributed by atoms with Gasteiger partial charge in [0.25, 0.3) is 0 Å². The third kappa shape index (κ3) is 7.67. The van der Waals surface area contributed by atoms with Crippen LogP contribution in [-0.4, -0.2) is 53.9 Å². The molecule has 0 unspecified atom stereocenters. The number of rotatable bonds is 10. The second-order valence-electron chi connectivity index (χ2n) is 9.83. The molecule has 1 aromatic heterocycles. The van der Waals surface area contributed by atoms with Gasteiger partial charge in [-0.1, -0.05) is 55.3 Å². The van der Waals surface area contributed by atoms with Gasteiger partial charge in [-0.25, -0.2) is 19.2 Å². The van der Waals surface area contributed by atoms with E-state index in [1.165, 1.54) is 0 Å². The highest BCUT2D eigenvalue weighted by Crippen LogP contribution is 2.40. The Bertz CT molecular complexity index is 1330. The van der Waals surface area contributed by atoms with E-state index in [4.69, 9.17) is 20.4 Å². The quantitative estimate of drug-likeness (QED) is 0.248. The Morgan fingerprint density at radius 1 is 0.925 bits per heavy atom. The molecule has 1 saturated carbocycles. The van der Waals surface area contributed by atoms with Gasteiger partial charge in [0, 0.05) is 41.2 Å². The van der Waals surface area contributed by atoms with E-state index in [1.54, 1.807) is 12.1 Å². The fourth-order valence-corrected chi connectivity index (χ4v) is 4.76. The van der Waals surface area contributed by atoms with E-state index in [2.05, 4.69) is 28.3 Å². The number of carboxylic acid groups (broad SMARTS) is 3. The molecular weight excluding hydrogens is 521 g/mol. The van der Waals surface area contributed by atoms with Crippen LogP contribution in [0.1, 0.15) is 55.2 Å². The lowest BCUT2D eigenvalue weighted by atomic mass is 9.87. The molecule has 0 aliphatic heterocycles. The number of halogens is 1. The molecule has 4 rings (SSSR count). The van der Waals surface area contributed by atoms with Crippen molar-refractivity contribution in [1.82, 2.24) is 15.3 Å². The lowest BCUT2D eigenvalue weighted by Crippen LogP contribution is -2.42. The molecule has 1 aliphatic carbocycles. The Labute approximate surface area is 230 Å². The molecule has 0 bridgehead atoms. The maximum Gasteiger partial charge on any atom is 0.336 e. The minimum absolute atomic E-state index is 0.127.